The van der Waals surface area contributed by atoms with Gasteiger partial charge in [-0.05, 0) is 18.2 Å². The second kappa shape index (κ2) is 5.99. The molecule has 0 saturated heterocycles. The molecule has 0 fully saturated rings. The van der Waals surface area contributed by atoms with Gasteiger partial charge in [0.05, 0.1) is 19.9 Å². The summed E-state index contributed by atoms with van der Waals surface area (Å²) in [4.78, 5) is 10.6. The fraction of sp³-hybridized carbons (Fsp3) is 0.333. The summed E-state index contributed by atoms with van der Waals surface area (Å²) in [6.45, 7) is 0. The van der Waals surface area contributed by atoms with Gasteiger partial charge < -0.3 is 4.55 Å². The van der Waals surface area contributed by atoms with Crippen molar-refractivity contribution in [2.75, 3.05) is 11.5 Å². The van der Waals surface area contributed by atoms with Gasteiger partial charge in [0, 0.05) is 11.8 Å². The smallest absolute Gasteiger partial charge is 0.282 e. The Morgan fingerprint density at radius 2 is 1.94 bits per heavy atom. The molecule has 6 nitrogen and oxygen atoms in total. The Morgan fingerprint density at radius 1 is 1.29 bits per heavy atom. The molecule has 0 unspecified atom stereocenters. The van der Waals surface area contributed by atoms with E-state index in [1.807, 2.05) is 0 Å². The van der Waals surface area contributed by atoms with Gasteiger partial charge in [-0.2, -0.15) is 0 Å². The van der Waals surface area contributed by atoms with Crippen molar-refractivity contribution in [1.82, 2.24) is 0 Å². The summed E-state index contributed by atoms with van der Waals surface area (Å²) in [6.07, 6.45) is 0.183. The third kappa shape index (κ3) is 5.16. The molecule has 0 aromatic heterocycles. The van der Waals surface area contributed by atoms with Gasteiger partial charge in [0.25, 0.3) is 5.69 Å². The third-order valence-corrected chi connectivity index (χ3v) is 3.80. The van der Waals surface area contributed by atoms with Crippen LogP contribution in [-0.4, -0.2) is 29.4 Å². The SMILES string of the molecule is O=[N+]([O-])c1ccccc1SCCCS(=O)(=O)[O-]. The van der Waals surface area contributed by atoms with Gasteiger partial charge in [0.1, 0.15) is 0 Å². The van der Waals surface area contributed by atoms with Crippen LogP contribution in [-0.2, 0) is 10.1 Å². The third-order valence-electron chi connectivity index (χ3n) is 1.86. The first-order valence-electron chi connectivity index (χ1n) is 4.70. The molecule has 0 radical (unpaired) electrons. The van der Waals surface area contributed by atoms with Crippen LogP contribution in [0.1, 0.15) is 6.42 Å². The lowest BCUT2D eigenvalue weighted by Gasteiger charge is -2.06. The molecule has 0 heterocycles. The molecule has 0 aliphatic heterocycles. The highest BCUT2D eigenvalue weighted by molar-refractivity contribution is 7.99. The minimum atomic E-state index is -4.20. The van der Waals surface area contributed by atoms with Crippen molar-refractivity contribution in [3.8, 4) is 0 Å². The maximum absolute atomic E-state index is 10.7. The Balaban J connectivity index is 2.55. The van der Waals surface area contributed by atoms with E-state index in [-0.39, 0.29) is 12.1 Å². The first kappa shape index (κ1) is 13.9. The average molecular weight is 276 g/mol. The molecule has 1 aromatic rings. The van der Waals surface area contributed by atoms with E-state index in [1.165, 1.54) is 17.8 Å². The van der Waals surface area contributed by atoms with Gasteiger partial charge in [0.2, 0.25) is 0 Å². The van der Waals surface area contributed by atoms with Crippen molar-refractivity contribution in [3.05, 3.63) is 34.4 Å². The fourth-order valence-electron chi connectivity index (χ4n) is 1.15. The zero-order chi connectivity index (χ0) is 12.9. The maximum Gasteiger partial charge on any atom is 0.282 e. The van der Waals surface area contributed by atoms with Crippen molar-refractivity contribution in [3.63, 3.8) is 0 Å². The molecule has 0 bridgehead atoms. The van der Waals surface area contributed by atoms with Gasteiger partial charge in [-0.3, -0.25) is 10.1 Å². The first-order valence-corrected chi connectivity index (χ1v) is 7.26. The number of thioether (sulfide) groups is 1. The van der Waals surface area contributed by atoms with Crippen LogP contribution in [0.4, 0.5) is 5.69 Å². The molecular weight excluding hydrogens is 266 g/mol. The summed E-state index contributed by atoms with van der Waals surface area (Å²) in [5.74, 6) is -0.0903. The van der Waals surface area contributed by atoms with E-state index in [1.54, 1.807) is 18.2 Å². The predicted octanol–water partition coefficient (Wildman–Crippen LogP) is 1.62. The minimum Gasteiger partial charge on any atom is -0.748 e. The topological polar surface area (TPSA) is 100 Å². The van der Waals surface area contributed by atoms with Crippen LogP contribution >= 0.6 is 11.8 Å². The Morgan fingerprint density at radius 3 is 2.53 bits per heavy atom. The van der Waals surface area contributed by atoms with Crippen molar-refractivity contribution < 1.29 is 17.9 Å². The van der Waals surface area contributed by atoms with Crippen LogP contribution in [0.15, 0.2) is 29.2 Å². The summed E-state index contributed by atoms with van der Waals surface area (Å²) in [7, 11) is -4.20. The molecule has 0 N–H and O–H groups in total. The van der Waals surface area contributed by atoms with Crippen LogP contribution in [0.5, 0.6) is 0 Å². The molecule has 0 spiro atoms. The largest absolute Gasteiger partial charge is 0.748 e. The maximum atomic E-state index is 10.7. The molecule has 0 saturated carbocycles. The molecule has 0 amide bonds. The van der Waals surface area contributed by atoms with E-state index in [9.17, 15) is 23.1 Å². The van der Waals surface area contributed by atoms with Crippen LogP contribution in [0.25, 0.3) is 0 Å². The van der Waals surface area contributed by atoms with Crippen LogP contribution in [0, 0.1) is 10.1 Å². The number of nitro benzene ring substituents is 1. The Hall–Kier alpha value is -1.12. The predicted molar refractivity (Wildman–Crippen MR) is 63.0 cm³/mol. The van der Waals surface area contributed by atoms with Crippen molar-refractivity contribution >= 4 is 27.6 Å². The van der Waals surface area contributed by atoms with Gasteiger partial charge in [-0.25, -0.2) is 8.42 Å². The normalized spacial score (nSPS) is 11.4. The van der Waals surface area contributed by atoms with Crippen LogP contribution in [0.3, 0.4) is 0 Å². The monoisotopic (exact) mass is 276 g/mol. The first-order chi connectivity index (χ1) is 7.90. The number of hydrogen-bond acceptors (Lipinski definition) is 6. The van der Waals surface area contributed by atoms with E-state index in [4.69, 9.17) is 0 Å². The molecule has 0 aliphatic carbocycles. The number of para-hydroxylation sites is 1. The lowest BCUT2D eigenvalue weighted by atomic mass is 10.3. The fourth-order valence-corrected chi connectivity index (χ4v) is 2.80. The molecule has 8 heteroatoms. The molecule has 1 aromatic carbocycles. The highest BCUT2D eigenvalue weighted by Crippen LogP contribution is 2.28. The standard InChI is InChI=1S/C9H11NO5S2/c11-10(12)8-4-1-2-5-9(8)16-6-3-7-17(13,14)15/h1-2,4-5H,3,6-7H2,(H,13,14,15)/p-1. The second-order valence-corrected chi connectivity index (χ2v) is 5.85. The number of rotatable bonds is 6. The Bertz CT molecular complexity index is 500. The highest BCUT2D eigenvalue weighted by atomic mass is 32.2. The van der Waals surface area contributed by atoms with Crippen LogP contribution in [0.2, 0.25) is 0 Å². The van der Waals surface area contributed by atoms with Gasteiger partial charge >= 0.3 is 0 Å². The van der Waals surface area contributed by atoms with Crippen LogP contribution < -0.4 is 0 Å². The van der Waals surface area contributed by atoms with Gasteiger partial charge in [0.15, 0.2) is 0 Å². The quantitative estimate of drug-likeness (QED) is 0.257. The summed E-state index contributed by atoms with van der Waals surface area (Å²) >= 11 is 1.17. The number of hydrogen-bond donors (Lipinski definition) is 0. The molecule has 1 rings (SSSR count). The molecule has 0 atom stereocenters. The van der Waals surface area contributed by atoms with E-state index in [2.05, 4.69) is 0 Å². The molecular formula is C9H10NO5S2-. The average Bonchev–Trinajstić information content (AvgIpc) is 2.23. The highest BCUT2D eigenvalue weighted by Gasteiger charge is 2.12. The van der Waals surface area contributed by atoms with Gasteiger partial charge in [-0.1, -0.05) is 12.1 Å². The number of nitro groups is 1. The summed E-state index contributed by atoms with van der Waals surface area (Å²) in [5.41, 5.74) is -0.0116. The molecule has 94 valence electrons. The molecule has 0 aliphatic rings. The summed E-state index contributed by atoms with van der Waals surface area (Å²) in [5, 5.41) is 10.7. The van der Waals surface area contributed by atoms with Crippen molar-refractivity contribution in [2.24, 2.45) is 0 Å². The van der Waals surface area contributed by atoms with E-state index in [0.717, 1.165) is 0 Å². The number of nitrogens with zero attached hydrogens (tertiary/aromatic N) is 1. The lowest BCUT2D eigenvalue weighted by Crippen LogP contribution is -2.04. The summed E-state index contributed by atoms with van der Waals surface area (Å²) < 4.78 is 31.0. The number of benzene rings is 1. The van der Waals surface area contributed by atoms with Crippen molar-refractivity contribution in [2.45, 2.75) is 11.3 Å². The summed E-state index contributed by atoms with van der Waals surface area (Å²) in [6, 6.07) is 6.20. The van der Waals surface area contributed by atoms with Gasteiger partial charge in [-0.15, -0.1) is 11.8 Å². The Kier molecular flexibility index (Phi) is 4.91. The second-order valence-electron chi connectivity index (χ2n) is 3.19. The zero-order valence-electron chi connectivity index (χ0n) is 8.74. The Labute approximate surface area is 103 Å². The van der Waals surface area contributed by atoms with E-state index >= 15 is 0 Å². The molecule has 17 heavy (non-hydrogen) atoms. The zero-order valence-corrected chi connectivity index (χ0v) is 10.4. The van der Waals surface area contributed by atoms with E-state index < -0.39 is 20.8 Å². The van der Waals surface area contributed by atoms with Crippen molar-refractivity contribution in [1.29, 1.82) is 0 Å². The van der Waals surface area contributed by atoms with E-state index in [0.29, 0.717) is 10.6 Å². The minimum absolute atomic E-state index is 0.0116. The lowest BCUT2D eigenvalue weighted by molar-refractivity contribution is -0.387.